The van der Waals surface area contributed by atoms with Crippen molar-refractivity contribution in [1.82, 2.24) is 0 Å². The van der Waals surface area contributed by atoms with Crippen LogP contribution in [0, 0.1) is 23.2 Å². The van der Waals surface area contributed by atoms with Crippen molar-refractivity contribution in [3.63, 3.8) is 0 Å². The van der Waals surface area contributed by atoms with Crippen molar-refractivity contribution in [3.05, 3.63) is 24.3 Å². The Kier molecular flexibility index (Phi) is 7.69. The Morgan fingerprint density at radius 2 is 1.97 bits per heavy atom. The first kappa shape index (κ1) is 22.2. The molecule has 3 aliphatic carbocycles. The molecule has 0 aromatic heterocycles. The maximum atomic E-state index is 12.3. The number of allylic oxidation sites excluding steroid dienone is 2. The molecule has 0 spiro atoms. The number of aliphatic carboxylic acids is 1. The predicted molar refractivity (Wildman–Crippen MR) is 111 cm³/mol. The Morgan fingerprint density at radius 1 is 1.21 bits per heavy atom. The maximum Gasteiger partial charge on any atom is 0.303 e. The summed E-state index contributed by atoms with van der Waals surface area (Å²) in [6.07, 6.45) is 16.9. The first-order valence-electron chi connectivity index (χ1n) is 11.3. The van der Waals surface area contributed by atoms with Gasteiger partial charge in [-0.15, -0.1) is 0 Å². The summed E-state index contributed by atoms with van der Waals surface area (Å²) < 4.78 is 0. The highest BCUT2D eigenvalue weighted by molar-refractivity contribution is 5.84. The molecule has 3 fully saturated rings. The summed E-state index contributed by atoms with van der Waals surface area (Å²) >= 11 is 0. The quantitative estimate of drug-likeness (QED) is 0.337. The average Bonchev–Trinajstić information content (AvgIpc) is 3.41. The van der Waals surface area contributed by atoms with Crippen LogP contribution < -0.4 is 0 Å². The summed E-state index contributed by atoms with van der Waals surface area (Å²) in [5, 5.41) is 29.8. The van der Waals surface area contributed by atoms with Gasteiger partial charge in [-0.25, -0.2) is 0 Å². The largest absolute Gasteiger partial charge is 0.481 e. The third kappa shape index (κ3) is 6.02. The topological polar surface area (TPSA) is 94.8 Å². The fourth-order valence-electron chi connectivity index (χ4n) is 5.07. The molecule has 0 bridgehead atoms. The Bertz CT molecular complexity index is 629. The van der Waals surface area contributed by atoms with Gasteiger partial charge in [0.2, 0.25) is 0 Å². The third-order valence-electron chi connectivity index (χ3n) is 7.22. The molecule has 5 heteroatoms. The van der Waals surface area contributed by atoms with Gasteiger partial charge in [0.15, 0.2) is 0 Å². The third-order valence-corrected chi connectivity index (χ3v) is 7.22. The molecule has 0 radical (unpaired) electrons. The van der Waals surface area contributed by atoms with Crippen molar-refractivity contribution in [2.75, 3.05) is 0 Å². The van der Waals surface area contributed by atoms with Gasteiger partial charge in [-0.1, -0.05) is 43.6 Å². The van der Waals surface area contributed by atoms with E-state index in [0.717, 1.165) is 25.2 Å². The van der Waals surface area contributed by atoms with E-state index in [1.54, 1.807) is 0 Å². The normalized spacial score (nSPS) is 30.1. The van der Waals surface area contributed by atoms with Gasteiger partial charge in [0, 0.05) is 24.7 Å². The first-order valence-corrected chi connectivity index (χ1v) is 11.3. The lowest BCUT2D eigenvalue weighted by Crippen LogP contribution is -2.41. The van der Waals surface area contributed by atoms with Gasteiger partial charge in [0.25, 0.3) is 0 Å². The summed E-state index contributed by atoms with van der Waals surface area (Å²) in [7, 11) is 0. The smallest absolute Gasteiger partial charge is 0.303 e. The molecule has 0 aromatic rings. The fourth-order valence-corrected chi connectivity index (χ4v) is 5.07. The van der Waals surface area contributed by atoms with Gasteiger partial charge < -0.3 is 15.3 Å². The Hall–Kier alpha value is -1.46. The minimum atomic E-state index is -0.791. The van der Waals surface area contributed by atoms with E-state index < -0.39 is 12.1 Å². The minimum absolute atomic E-state index is 0.0899. The van der Waals surface area contributed by atoms with Crippen LogP contribution in [-0.2, 0) is 9.59 Å². The van der Waals surface area contributed by atoms with Crippen LogP contribution in [0.4, 0.5) is 0 Å². The van der Waals surface area contributed by atoms with E-state index in [4.69, 9.17) is 5.11 Å². The number of Topliss-reactive ketones (excluding diaryl/α,β-unsaturated/α-hetero) is 1. The molecule has 0 saturated heterocycles. The van der Waals surface area contributed by atoms with Gasteiger partial charge in [0.05, 0.1) is 12.2 Å². The van der Waals surface area contributed by atoms with E-state index in [0.29, 0.717) is 25.7 Å². The van der Waals surface area contributed by atoms with Crippen LogP contribution in [0.3, 0.4) is 0 Å². The molecular formula is C24H36O5. The number of ketones is 1. The summed E-state index contributed by atoms with van der Waals surface area (Å²) in [6, 6.07) is 0. The van der Waals surface area contributed by atoms with Gasteiger partial charge in [0.1, 0.15) is 5.78 Å². The number of carbonyl (C=O) groups excluding carboxylic acids is 1. The molecule has 0 amide bonds. The molecule has 3 saturated carbocycles. The number of carbonyl (C=O) groups is 2. The van der Waals surface area contributed by atoms with E-state index in [9.17, 15) is 19.8 Å². The molecule has 3 aliphatic rings. The number of aliphatic hydroxyl groups is 2. The summed E-state index contributed by atoms with van der Waals surface area (Å²) in [5.74, 6) is -0.306. The van der Waals surface area contributed by atoms with E-state index in [1.807, 2.05) is 24.3 Å². The highest BCUT2D eigenvalue weighted by Gasteiger charge is 2.46. The molecule has 3 rings (SSSR count). The van der Waals surface area contributed by atoms with E-state index >= 15 is 0 Å². The molecule has 5 nitrogen and oxygen atoms in total. The molecule has 2 unspecified atom stereocenters. The maximum absolute atomic E-state index is 12.3. The number of unbranched alkanes of at least 4 members (excludes halogenated alkanes) is 1. The first-order chi connectivity index (χ1) is 13.9. The van der Waals surface area contributed by atoms with Gasteiger partial charge in [-0.05, 0) is 56.3 Å². The molecular weight excluding hydrogens is 368 g/mol. The van der Waals surface area contributed by atoms with Crippen molar-refractivity contribution < 1.29 is 24.9 Å². The Morgan fingerprint density at radius 3 is 2.59 bits per heavy atom. The van der Waals surface area contributed by atoms with Crippen LogP contribution in [0.5, 0.6) is 0 Å². The van der Waals surface area contributed by atoms with Crippen LogP contribution in [0.2, 0.25) is 0 Å². The van der Waals surface area contributed by atoms with Crippen LogP contribution in [-0.4, -0.2) is 39.3 Å². The van der Waals surface area contributed by atoms with E-state index in [1.165, 1.54) is 19.3 Å². The van der Waals surface area contributed by atoms with Gasteiger partial charge in [-0.3, -0.25) is 9.59 Å². The van der Waals surface area contributed by atoms with Crippen molar-refractivity contribution in [2.24, 2.45) is 23.2 Å². The Labute approximate surface area is 173 Å². The molecule has 162 valence electrons. The number of hydrogen-bond acceptors (Lipinski definition) is 4. The van der Waals surface area contributed by atoms with Gasteiger partial charge in [-0.2, -0.15) is 0 Å². The van der Waals surface area contributed by atoms with Crippen molar-refractivity contribution in [2.45, 2.75) is 89.3 Å². The monoisotopic (exact) mass is 404 g/mol. The highest BCUT2D eigenvalue weighted by atomic mass is 16.4. The average molecular weight is 405 g/mol. The minimum Gasteiger partial charge on any atom is -0.481 e. The van der Waals surface area contributed by atoms with E-state index in [2.05, 4.69) is 0 Å². The number of rotatable bonds is 12. The highest BCUT2D eigenvalue weighted by Crippen LogP contribution is 2.53. The van der Waals surface area contributed by atoms with Crippen molar-refractivity contribution in [3.8, 4) is 0 Å². The lowest BCUT2D eigenvalue weighted by molar-refractivity contribution is -0.137. The molecule has 4 atom stereocenters. The number of carboxylic acid groups (broad SMARTS) is 1. The second-order valence-electron chi connectivity index (χ2n) is 9.46. The van der Waals surface area contributed by atoms with Crippen LogP contribution in [0.15, 0.2) is 24.3 Å². The van der Waals surface area contributed by atoms with Crippen LogP contribution in [0.25, 0.3) is 0 Å². The molecule has 0 heterocycles. The zero-order valence-electron chi connectivity index (χ0n) is 17.3. The number of carboxylic acids is 1. The second-order valence-corrected chi connectivity index (χ2v) is 9.46. The number of hydrogen-bond donors (Lipinski definition) is 3. The second kappa shape index (κ2) is 10.0. The number of aliphatic hydroxyl groups excluding tert-OH is 2. The zero-order valence-corrected chi connectivity index (χ0v) is 17.3. The lowest BCUT2D eigenvalue weighted by atomic mass is 9.61. The molecule has 29 heavy (non-hydrogen) atoms. The SMILES string of the molecule is O=C(O)CCCC=CC[C@H]1C(=O)CC(O)[C@@H]1C=CCC(O)C1(CC2CC2)CCC1. The predicted octanol–water partition coefficient (Wildman–Crippen LogP) is 4.03. The summed E-state index contributed by atoms with van der Waals surface area (Å²) in [5.41, 5.74) is 0.105. The van der Waals surface area contributed by atoms with Crippen LogP contribution >= 0.6 is 0 Å². The molecule has 3 N–H and O–H groups in total. The summed E-state index contributed by atoms with van der Waals surface area (Å²) in [4.78, 5) is 22.8. The van der Waals surface area contributed by atoms with Crippen molar-refractivity contribution >= 4 is 11.8 Å². The summed E-state index contributed by atoms with van der Waals surface area (Å²) in [6.45, 7) is 0. The van der Waals surface area contributed by atoms with Gasteiger partial charge >= 0.3 is 5.97 Å². The van der Waals surface area contributed by atoms with Crippen LogP contribution in [0.1, 0.15) is 77.0 Å². The van der Waals surface area contributed by atoms with E-state index in [-0.39, 0.29) is 42.0 Å². The zero-order chi connectivity index (χ0) is 20.9. The fraction of sp³-hybridized carbons (Fsp3) is 0.750. The molecule has 0 aliphatic heterocycles. The van der Waals surface area contributed by atoms with Crippen molar-refractivity contribution in [1.29, 1.82) is 0 Å². The lowest BCUT2D eigenvalue weighted by Gasteiger charge is -2.46. The standard InChI is InChI=1S/C24H36O5/c25-20-15-21(26)19(18(20)7-3-1-2-4-10-23(28)29)8-5-9-22(27)24(13-6-14-24)16-17-11-12-17/h1,3,5,8,17-19,21-22,26-27H,2,4,6-7,9-16H2,(H,28,29)/t18-,19-,21?,22?/m1/s1. The Balaban J connectivity index is 1.48. The molecule has 0 aromatic carbocycles.